The molecule has 0 N–H and O–H groups in total. The van der Waals surface area contributed by atoms with Crippen LogP contribution in [0.25, 0.3) is 0 Å². The van der Waals surface area contributed by atoms with Gasteiger partial charge in [0.2, 0.25) is 11.6 Å². The minimum absolute atomic E-state index is 0.143. The standard InChI is InChI=1S/C15H19N7O2/c16-6-4-10-21(11-5-7-17)15-13(22(23)24)14(18-12-19-15)20-8-2-1-3-9-20/h12H,1-5,8-11H2. The Morgan fingerprint density at radius 1 is 1.17 bits per heavy atom. The number of aromatic nitrogens is 2. The zero-order chi connectivity index (χ0) is 17.4. The van der Waals surface area contributed by atoms with Crippen molar-refractivity contribution in [3.8, 4) is 12.1 Å². The van der Waals surface area contributed by atoms with Crippen molar-refractivity contribution in [2.45, 2.75) is 32.1 Å². The highest BCUT2D eigenvalue weighted by Gasteiger charge is 2.30. The Labute approximate surface area is 140 Å². The Hall–Kier alpha value is -2.94. The fraction of sp³-hybridized carbons (Fsp3) is 0.600. The average Bonchev–Trinajstić information content (AvgIpc) is 2.62. The van der Waals surface area contributed by atoms with Gasteiger partial charge in [0.05, 0.1) is 29.9 Å². The van der Waals surface area contributed by atoms with Gasteiger partial charge in [-0.2, -0.15) is 10.5 Å². The second-order valence-electron chi connectivity index (χ2n) is 5.48. The lowest BCUT2D eigenvalue weighted by Gasteiger charge is -2.28. The molecule has 1 saturated heterocycles. The van der Waals surface area contributed by atoms with Crippen LogP contribution in [0.5, 0.6) is 0 Å². The third-order valence-electron chi connectivity index (χ3n) is 3.91. The number of rotatable bonds is 7. The van der Waals surface area contributed by atoms with Gasteiger partial charge in [0.15, 0.2) is 0 Å². The summed E-state index contributed by atoms with van der Waals surface area (Å²) in [5.41, 5.74) is -0.143. The van der Waals surface area contributed by atoms with Crippen molar-refractivity contribution in [2.75, 3.05) is 36.0 Å². The summed E-state index contributed by atoms with van der Waals surface area (Å²) in [6.45, 7) is 2.03. The maximum Gasteiger partial charge on any atom is 0.353 e. The van der Waals surface area contributed by atoms with Crippen molar-refractivity contribution in [1.82, 2.24) is 9.97 Å². The first-order chi connectivity index (χ1) is 11.7. The Morgan fingerprint density at radius 3 is 2.33 bits per heavy atom. The molecule has 1 aliphatic rings. The predicted molar refractivity (Wildman–Crippen MR) is 87.4 cm³/mol. The van der Waals surface area contributed by atoms with E-state index in [0.717, 1.165) is 32.4 Å². The van der Waals surface area contributed by atoms with E-state index < -0.39 is 4.92 Å². The van der Waals surface area contributed by atoms with E-state index in [0.29, 0.717) is 5.82 Å². The maximum atomic E-state index is 11.7. The molecule has 0 unspecified atom stereocenters. The largest absolute Gasteiger partial charge is 0.353 e. The van der Waals surface area contributed by atoms with Crippen LogP contribution in [0.3, 0.4) is 0 Å². The van der Waals surface area contributed by atoms with Crippen LogP contribution in [0, 0.1) is 32.8 Å². The normalized spacial score (nSPS) is 13.8. The van der Waals surface area contributed by atoms with Gasteiger partial charge >= 0.3 is 5.69 Å². The lowest BCUT2D eigenvalue weighted by Crippen LogP contribution is -2.32. The summed E-state index contributed by atoms with van der Waals surface area (Å²) in [5, 5.41) is 29.3. The zero-order valence-electron chi connectivity index (χ0n) is 13.4. The Balaban J connectivity index is 2.41. The number of hydrogen-bond acceptors (Lipinski definition) is 8. The number of hydrogen-bond donors (Lipinski definition) is 0. The van der Waals surface area contributed by atoms with Crippen LogP contribution in [0.15, 0.2) is 6.33 Å². The third kappa shape index (κ3) is 4.07. The van der Waals surface area contributed by atoms with Gasteiger partial charge in [0.25, 0.3) is 0 Å². The summed E-state index contributed by atoms with van der Waals surface area (Å²) in [7, 11) is 0. The molecule has 0 bridgehead atoms. The Morgan fingerprint density at radius 2 is 1.79 bits per heavy atom. The SMILES string of the molecule is N#CCCN(CCC#N)c1ncnc(N2CCCCC2)c1[N+](=O)[O-]. The molecular weight excluding hydrogens is 310 g/mol. The lowest BCUT2D eigenvalue weighted by molar-refractivity contribution is -0.383. The molecule has 0 atom stereocenters. The van der Waals surface area contributed by atoms with Gasteiger partial charge in [-0.3, -0.25) is 10.1 Å². The van der Waals surface area contributed by atoms with Gasteiger partial charge in [-0.1, -0.05) is 0 Å². The van der Waals surface area contributed by atoms with Crippen LogP contribution in [0.1, 0.15) is 32.1 Å². The van der Waals surface area contributed by atoms with Crippen molar-refractivity contribution >= 4 is 17.3 Å². The average molecular weight is 329 g/mol. The quantitative estimate of drug-likeness (QED) is 0.549. The monoisotopic (exact) mass is 329 g/mol. The summed E-state index contributed by atoms with van der Waals surface area (Å²) in [6, 6.07) is 4.05. The predicted octanol–water partition coefficient (Wildman–Crippen LogP) is 2.01. The van der Waals surface area contributed by atoms with E-state index in [-0.39, 0.29) is 37.4 Å². The number of piperidine rings is 1. The van der Waals surface area contributed by atoms with Crippen LogP contribution in [-0.4, -0.2) is 41.1 Å². The van der Waals surface area contributed by atoms with Gasteiger partial charge in [0.1, 0.15) is 6.33 Å². The van der Waals surface area contributed by atoms with Gasteiger partial charge in [0, 0.05) is 26.2 Å². The first kappa shape index (κ1) is 17.4. The molecule has 0 spiro atoms. The first-order valence-electron chi connectivity index (χ1n) is 7.92. The zero-order valence-corrected chi connectivity index (χ0v) is 13.4. The fourth-order valence-electron chi connectivity index (χ4n) is 2.79. The summed E-state index contributed by atoms with van der Waals surface area (Å²) >= 11 is 0. The molecule has 0 saturated carbocycles. The van der Waals surface area contributed by atoms with Crippen LogP contribution in [0.2, 0.25) is 0 Å². The van der Waals surface area contributed by atoms with E-state index >= 15 is 0 Å². The molecule has 24 heavy (non-hydrogen) atoms. The highest BCUT2D eigenvalue weighted by Crippen LogP contribution is 2.35. The number of nitro groups is 1. The van der Waals surface area contributed by atoms with Crippen molar-refractivity contribution < 1.29 is 4.92 Å². The smallest absolute Gasteiger partial charge is 0.351 e. The highest BCUT2D eigenvalue weighted by atomic mass is 16.6. The molecule has 126 valence electrons. The fourth-order valence-corrected chi connectivity index (χ4v) is 2.79. The van der Waals surface area contributed by atoms with E-state index in [4.69, 9.17) is 10.5 Å². The summed E-state index contributed by atoms with van der Waals surface area (Å²) in [4.78, 5) is 23.0. The Bertz CT molecular complexity index is 641. The molecule has 0 amide bonds. The molecule has 0 aromatic carbocycles. The molecular formula is C15H19N7O2. The topological polar surface area (TPSA) is 123 Å². The van der Waals surface area contributed by atoms with Gasteiger partial charge in [-0.25, -0.2) is 9.97 Å². The molecule has 0 radical (unpaired) electrons. The van der Waals surface area contributed by atoms with E-state index in [1.54, 1.807) is 4.90 Å². The van der Waals surface area contributed by atoms with Gasteiger partial charge in [-0.05, 0) is 19.3 Å². The molecule has 1 aromatic rings. The molecule has 2 heterocycles. The lowest BCUT2D eigenvalue weighted by atomic mass is 10.1. The van der Waals surface area contributed by atoms with E-state index in [9.17, 15) is 10.1 Å². The maximum absolute atomic E-state index is 11.7. The minimum Gasteiger partial charge on any atom is -0.351 e. The molecule has 1 aliphatic heterocycles. The summed E-state index contributed by atoms with van der Waals surface area (Å²) in [6.07, 6.45) is 4.78. The van der Waals surface area contributed by atoms with Crippen molar-refractivity contribution in [3.63, 3.8) is 0 Å². The van der Waals surface area contributed by atoms with E-state index in [1.165, 1.54) is 6.33 Å². The summed E-state index contributed by atoms with van der Waals surface area (Å²) < 4.78 is 0. The first-order valence-corrected chi connectivity index (χ1v) is 7.92. The summed E-state index contributed by atoms with van der Waals surface area (Å²) in [5.74, 6) is 0.504. The van der Waals surface area contributed by atoms with Crippen LogP contribution >= 0.6 is 0 Å². The van der Waals surface area contributed by atoms with Crippen molar-refractivity contribution in [3.05, 3.63) is 16.4 Å². The minimum atomic E-state index is -0.467. The Kier molecular flexibility index (Phi) is 6.26. The molecule has 9 heteroatoms. The van der Waals surface area contributed by atoms with Crippen molar-refractivity contribution in [2.24, 2.45) is 0 Å². The van der Waals surface area contributed by atoms with Gasteiger partial charge in [-0.15, -0.1) is 0 Å². The third-order valence-corrected chi connectivity index (χ3v) is 3.91. The molecule has 0 aliphatic carbocycles. The van der Waals surface area contributed by atoms with E-state index in [2.05, 4.69) is 9.97 Å². The van der Waals surface area contributed by atoms with E-state index in [1.807, 2.05) is 17.0 Å². The number of nitrogens with zero attached hydrogens (tertiary/aromatic N) is 7. The molecule has 1 fully saturated rings. The second-order valence-corrected chi connectivity index (χ2v) is 5.48. The number of anilines is 2. The van der Waals surface area contributed by atoms with Crippen LogP contribution in [-0.2, 0) is 0 Å². The molecule has 2 rings (SSSR count). The van der Waals surface area contributed by atoms with Crippen LogP contribution < -0.4 is 9.80 Å². The number of nitriles is 2. The second kappa shape index (κ2) is 8.63. The van der Waals surface area contributed by atoms with Crippen LogP contribution in [0.4, 0.5) is 17.3 Å². The molecule has 1 aromatic heterocycles. The molecule has 9 nitrogen and oxygen atoms in total. The van der Waals surface area contributed by atoms with Gasteiger partial charge < -0.3 is 9.80 Å². The highest BCUT2D eigenvalue weighted by molar-refractivity contribution is 5.71. The van der Waals surface area contributed by atoms with Crippen molar-refractivity contribution in [1.29, 1.82) is 10.5 Å².